The van der Waals surface area contributed by atoms with E-state index in [0.29, 0.717) is 6.42 Å². The van der Waals surface area contributed by atoms with Gasteiger partial charge in [0.2, 0.25) is 0 Å². The molecular weight excluding hydrogens is 90.1 g/mol. The molecule has 0 atom stereocenters. The average molecular weight is 98.1 g/mol. The number of carbonyl (C=O) groups excluding carboxylic acids is 1. The van der Waals surface area contributed by atoms with Gasteiger partial charge in [-0.25, -0.2) is 4.79 Å². The zero-order chi connectivity index (χ0) is 5.70. The van der Waals surface area contributed by atoms with E-state index in [2.05, 4.69) is 10.9 Å². The SMILES string of the molecule is CCC#[N+]C(C)=O. The van der Waals surface area contributed by atoms with Crippen molar-refractivity contribution in [1.82, 2.24) is 0 Å². The summed E-state index contributed by atoms with van der Waals surface area (Å²) in [6.07, 6.45) is 0.708. The summed E-state index contributed by atoms with van der Waals surface area (Å²) < 4.78 is 0. The summed E-state index contributed by atoms with van der Waals surface area (Å²) in [5.41, 5.74) is 0. The van der Waals surface area contributed by atoms with Gasteiger partial charge in [0.25, 0.3) is 6.07 Å². The van der Waals surface area contributed by atoms with Gasteiger partial charge in [0.05, 0.1) is 13.3 Å². The van der Waals surface area contributed by atoms with E-state index in [1.165, 1.54) is 6.92 Å². The molecule has 0 aliphatic heterocycles. The summed E-state index contributed by atoms with van der Waals surface area (Å²) in [5, 5.41) is 0. The predicted octanol–water partition coefficient (Wildman–Crippen LogP) is 1.28. The van der Waals surface area contributed by atoms with Gasteiger partial charge >= 0.3 is 5.91 Å². The zero-order valence-corrected chi connectivity index (χ0v) is 4.56. The van der Waals surface area contributed by atoms with Crippen LogP contribution in [0.25, 0.3) is 4.85 Å². The molecule has 7 heavy (non-hydrogen) atoms. The van der Waals surface area contributed by atoms with E-state index in [1.807, 2.05) is 6.92 Å². The molecule has 0 unspecified atom stereocenters. The van der Waals surface area contributed by atoms with Gasteiger partial charge in [-0.05, 0) is 6.92 Å². The first-order valence-corrected chi connectivity index (χ1v) is 2.21. The summed E-state index contributed by atoms with van der Waals surface area (Å²) in [4.78, 5) is 13.3. The van der Waals surface area contributed by atoms with Crippen LogP contribution in [0.3, 0.4) is 0 Å². The maximum absolute atomic E-state index is 9.97. The van der Waals surface area contributed by atoms with E-state index in [1.54, 1.807) is 0 Å². The van der Waals surface area contributed by atoms with E-state index in [-0.39, 0.29) is 5.91 Å². The van der Waals surface area contributed by atoms with Crippen LogP contribution in [0.2, 0.25) is 0 Å². The van der Waals surface area contributed by atoms with Crippen LogP contribution in [-0.2, 0) is 4.79 Å². The third-order valence-corrected chi connectivity index (χ3v) is 0.395. The van der Waals surface area contributed by atoms with Crippen molar-refractivity contribution in [3.8, 4) is 6.07 Å². The summed E-state index contributed by atoms with van der Waals surface area (Å²) >= 11 is 0. The van der Waals surface area contributed by atoms with E-state index >= 15 is 0 Å². The smallest absolute Gasteiger partial charge is 0.201 e. The molecule has 0 saturated heterocycles. The predicted molar refractivity (Wildman–Crippen MR) is 28.2 cm³/mol. The molecule has 0 saturated carbocycles. The molecule has 0 aliphatic rings. The largest absolute Gasteiger partial charge is 0.511 e. The fraction of sp³-hybridized carbons (Fsp3) is 0.600. The van der Waals surface area contributed by atoms with Crippen molar-refractivity contribution in [2.75, 3.05) is 0 Å². The number of amides is 1. The minimum atomic E-state index is -0.179. The molecule has 0 radical (unpaired) electrons. The highest BCUT2D eigenvalue weighted by Gasteiger charge is 1.93. The maximum Gasteiger partial charge on any atom is 0.511 e. The number of carbonyl (C=O) groups is 1. The third kappa shape index (κ3) is 5.16. The molecule has 0 aromatic rings. The second kappa shape index (κ2) is 3.35. The number of nitrogens with zero attached hydrogens (tertiary/aromatic N) is 1. The molecule has 0 bridgehead atoms. The molecule has 38 valence electrons. The lowest BCUT2D eigenvalue weighted by Crippen LogP contribution is -1.73. The van der Waals surface area contributed by atoms with Crippen molar-refractivity contribution in [2.45, 2.75) is 20.3 Å². The van der Waals surface area contributed by atoms with Gasteiger partial charge < -0.3 is 0 Å². The fourth-order valence-corrected chi connectivity index (χ4v) is 0.190. The third-order valence-electron chi connectivity index (χ3n) is 0.395. The molecule has 0 aromatic heterocycles. The molecule has 0 rings (SSSR count). The van der Waals surface area contributed by atoms with Crippen LogP contribution >= 0.6 is 0 Å². The maximum atomic E-state index is 9.97. The van der Waals surface area contributed by atoms with Gasteiger partial charge in [0.15, 0.2) is 0 Å². The van der Waals surface area contributed by atoms with E-state index in [0.717, 1.165) is 0 Å². The van der Waals surface area contributed by atoms with Crippen molar-refractivity contribution in [2.24, 2.45) is 0 Å². The first-order valence-electron chi connectivity index (χ1n) is 2.21. The minimum Gasteiger partial charge on any atom is -0.201 e. The Balaban J connectivity index is 3.45. The Hall–Kier alpha value is -0.840. The number of rotatable bonds is 0. The normalized spacial score (nSPS) is 6.57. The molecule has 0 N–H and O–H groups in total. The summed E-state index contributed by atoms with van der Waals surface area (Å²) in [6, 6.07) is 2.52. The van der Waals surface area contributed by atoms with Crippen LogP contribution in [0.1, 0.15) is 20.3 Å². The monoisotopic (exact) mass is 98.1 g/mol. The Morgan fingerprint density at radius 1 is 1.86 bits per heavy atom. The van der Waals surface area contributed by atoms with Crippen LogP contribution in [0.15, 0.2) is 0 Å². The second-order valence-corrected chi connectivity index (χ2v) is 1.14. The average Bonchev–Trinajstić information content (AvgIpc) is 1.61. The molecule has 0 aliphatic carbocycles. The second-order valence-electron chi connectivity index (χ2n) is 1.14. The van der Waals surface area contributed by atoms with E-state index in [4.69, 9.17) is 0 Å². The summed E-state index contributed by atoms with van der Waals surface area (Å²) in [5.74, 6) is -0.179. The van der Waals surface area contributed by atoms with Crippen molar-refractivity contribution in [3.63, 3.8) is 0 Å². The lowest BCUT2D eigenvalue weighted by molar-refractivity contribution is -0.112. The van der Waals surface area contributed by atoms with Crippen LogP contribution in [0.4, 0.5) is 0 Å². The Labute approximate surface area is 43.0 Å². The molecule has 0 spiro atoms. The summed E-state index contributed by atoms with van der Waals surface area (Å²) in [7, 11) is 0. The quantitative estimate of drug-likeness (QED) is 0.447. The highest BCUT2D eigenvalue weighted by molar-refractivity contribution is 5.83. The molecule has 1 amide bonds. The van der Waals surface area contributed by atoms with E-state index in [9.17, 15) is 4.79 Å². The van der Waals surface area contributed by atoms with Crippen molar-refractivity contribution in [3.05, 3.63) is 4.85 Å². The van der Waals surface area contributed by atoms with Crippen molar-refractivity contribution >= 4 is 5.91 Å². The molecular formula is C5H8NO+. The van der Waals surface area contributed by atoms with Gasteiger partial charge in [0.1, 0.15) is 0 Å². The van der Waals surface area contributed by atoms with Crippen LogP contribution in [0.5, 0.6) is 0 Å². The molecule has 0 fully saturated rings. The number of hydrogen-bond acceptors (Lipinski definition) is 1. The minimum absolute atomic E-state index is 0.179. The first kappa shape index (κ1) is 6.16. The zero-order valence-electron chi connectivity index (χ0n) is 4.56. The van der Waals surface area contributed by atoms with Gasteiger partial charge in [-0.15, -0.1) is 0 Å². The molecule has 0 aromatic carbocycles. The van der Waals surface area contributed by atoms with Gasteiger partial charge in [-0.1, -0.05) is 0 Å². The lowest BCUT2D eigenvalue weighted by atomic mass is 10.6. The van der Waals surface area contributed by atoms with Crippen LogP contribution in [-0.4, -0.2) is 5.91 Å². The standard InChI is InChI=1S/C5H8NO/c1-3-4-6-5(2)7/h3H2,1-2H3/q+1. The van der Waals surface area contributed by atoms with Gasteiger partial charge in [0, 0.05) is 4.85 Å². The Bertz CT molecular complexity index is 118. The first-order chi connectivity index (χ1) is 3.27. The Morgan fingerprint density at radius 2 is 2.43 bits per heavy atom. The highest BCUT2D eigenvalue weighted by Crippen LogP contribution is 1.72. The van der Waals surface area contributed by atoms with Crippen molar-refractivity contribution in [1.29, 1.82) is 0 Å². The topological polar surface area (TPSA) is 21.4 Å². The van der Waals surface area contributed by atoms with E-state index < -0.39 is 0 Å². The fourth-order valence-electron chi connectivity index (χ4n) is 0.190. The highest BCUT2D eigenvalue weighted by atomic mass is 16.1. The Morgan fingerprint density at radius 3 is 2.57 bits per heavy atom. The van der Waals surface area contributed by atoms with Crippen LogP contribution in [0, 0.1) is 6.07 Å². The molecule has 0 heterocycles. The number of hydrogen-bond donors (Lipinski definition) is 0. The Kier molecular flexibility index (Phi) is 2.95. The summed E-state index contributed by atoms with van der Waals surface area (Å²) in [6.45, 7) is 3.29. The van der Waals surface area contributed by atoms with Gasteiger partial charge in [-0.2, -0.15) is 0 Å². The van der Waals surface area contributed by atoms with Crippen molar-refractivity contribution < 1.29 is 4.79 Å². The van der Waals surface area contributed by atoms with Crippen LogP contribution < -0.4 is 0 Å². The van der Waals surface area contributed by atoms with Gasteiger partial charge in [-0.3, -0.25) is 0 Å². The molecule has 2 heteroatoms. The lowest BCUT2D eigenvalue weighted by Gasteiger charge is -1.50. The molecule has 2 nitrogen and oxygen atoms in total.